The largest absolute Gasteiger partial charge is 0.329 e. The van der Waals surface area contributed by atoms with Crippen LogP contribution in [0.15, 0.2) is 18.6 Å². The minimum absolute atomic E-state index is 0.233. The van der Waals surface area contributed by atoms with Crippen LogP contribution in [-0.4, -0.2) is 59.0 Å². The first-order chi connectivity index (χ1) is 8.85. The van der Waals surface area contributed by atoms with Gasteiger partial charge in [0.25, 0.3) is 0 Å². The first kappa shape index (κ1) is 13.4. The fourth-order valence-electron chi connectivity index (χ4n) is 2.57. The van der Waals surface area contributed by atoms with Gasteiger partial charge in [0.2, 0.25) is 0 Å². The van der Waals surface area contributed by atoms with E-state index in [1.807, 2.05) is 6.07 Å². The number of rotatable bonds is 5. The molecular formula is C13H23N5. The maximum absolute atomic E-state index is 5.91. The summed E-state index contributed by atoms with van der Waals surface area (Å²) in [6.45, 7) is 8.47. The van der Waals surface area contributed by atoms with Crippen LogP contribution in [0.2, 0.25) is 0 Å². The van der Waals surface area contributed by atoms with Crippen molar-refractivity contribution in [2.75, 3.05) is 39.3 Å². The van der Waals surface area contributed by atoms with Gasteiger partial charge in [-0.05, 0) is 19.0 Å². The Bertz CT molecular complexity index is 334. The molecule has 1 fully saturated rings. The zero-order valence-electron chi connectivity index (χ0n) is 11.1. The highest BCUT2D eigenvalue weighted by Gasteiger charge is 2.24. The molecule has 2 rings (SSSR count). The molecule has 2 N–H and O–H groups in total. The number of hydrogen-bond acceptors (Lipinski definition) is 5. The van der Waals surface area contributed by atoms with Crippen molar-refractivity contribution in [3.8, 4) is 0 Å². The van der Waals surface area contributed by atoms with E-state index in [1.54, 1.807) is 12.5 Å². The molecule has 18 heavy (non-hydrogen) atoms. The Kier molecular flexibility index (Phi) is 5.04. The predicted molar refractivity (Wildman–Crippen MR) is 72.1 cm³/mol. The lowest BCUT2D eigenvalue weighted by molar-refractivity contribution is 0.0969. The molecule has 0 aliphatic carbocycles. The van der Waals surface area contributed by atoms with Crippen LogP contribution in [0, 0.1) is 0 Å². The quantitative estimate of drug-likeness (QED) is 0.823. The van der Waals surface area contributed by atoms with E-state index < -0.39 is 0 Å². The van der Waals surface area contributed by atoms with E-state index in [4.69, 9.17) is 5.73 Å². The monoisotopic (exact) mass is 249 g/mol. The van der Waals surface area contributed by atoms with E-state index in [1.165, 1.54) is 13.0 Å². The smallest absolute Gasteiger partial charge is 0.115 e. The Morgan fingerprint density at radius 2 is 2.11 bits per heavy atom. The summed E-state index contributed by atoms with van der Waals surface area (Å²) in [6, 6.07) is 2.20. The summed E-state index contributed by atoms with van der Waals surface area (Å²) in [5.74, 6) is 0. The molecule has 1 aromatic heterocycles. The summed E-state index contributed by atoms with van der Waals surface area (Å²) in [4.78, 5) is 13.3. The number of aromatic nitrogens is 2. The second kappa shape index (κ2) is 6.78. The van der Waals surface area contributed by atoms with Crippen molar-refractivity contribution in [1.82, 2.24) is 19.8 Å². The van der Waals surface area contributed by atoms with Gasteiger partial charge in [-0.25, -0.2) is 9.97 Å². The second-order valence-corrected chi connectivity index (χ2v) is 4.76. The van der Waals surface area contributed by atoms with Crippen LogP contribution in [0.5, 0.6) is 0 Å². The Labute approximate surface area is 109 Å². The molecule has 1 atom stereocenters. The van der Waals surface area contributed by atoms with Crippen LogP contribution in [-0.2, 0) is 0 Å². The van der Waals surface area contributed by atoms with E-state index in [0.717, 1.165) is 31.9 Å². The normalized spacial score (nSPS) is 19.9. The third-order valence-corrected chi connectivity index (χ3v) is 3.56. The van der Waals surface area contributed by atoms with Gasteiger partial charge in [-0.15, -0.1) is 0 Å². The number of nitrogens with zero attached hydrogens (tertiary/aromatic N) is 4. The molecule has 0 amide bonds. The van der Waals surface area contributed by atoms with Crippen LogP contribution >= 0.6 is 0 Å². The number of nitrogens with two attached hydrogens (primary N) is 1. The molecule has 5 heteroatoms. The SMILES string of the molecule is CCCN1CCN(C(CN)c2ccncn2)CC1. The first-order valence-corrected chi connectivity index (χ1v) is 6.77. The minimum Gasteiger partial charge on any atom is -0.329 e. The van der Waals surface area contributed by atoms with E-state index >= 15 is 0 Å². The van der Waals surface area contributed by atoms with Crippen molar-refractivity contribution in [2.24, 2.45) is 5.73 Å². The molecule has 5 nitrogen and oxygen atoms in total. The molecule has 100 valence electrons. The molecule has 0 aromatic carbocycles. The van der Waals surface area contributed by atoms with Crippen molar-refractivity contribution in [1.29, 1.82) is 0 Å². The predicted octanol–water partition coefficient (Wildman–Crippen LogP) is 0.504. The van der Waals surface area contributed by atoms with Crippen LogP contribution in [0.3, 0.4) is 0 Å². The minimum atomic E-state index is 0.233. The van der Waals surface area contributed by atoms with Gasteiger partial charge in [-0.3, -0.25) is 4.90 Å². The van der Waals surface area contributed by atoms with Crippen molar-refractivity contribution < 1.29 is 0 Å². The van der Waals surface area contributed by atoms with Crippen molar-refractivity contribution in [3.63, 3.8) is 0 Å². The molecule has 0 spiro atoms. The van der Waals surface area contributed by atoms with Crippen LogP contribution in [0.4, 0.5) is 0 Å². The van der Waals surface area contributed by atoms with Gasteiger partial charge in [0.05, 0.1) is 11.7 Å². The molecule has 0 radical (unpaired) electrons. The molecule has 1 aliphatic heterocycles. The Morgan fingerprint density at radius 1 is 1.33 bits per heavy atom. The molecule has 0 saturated carbocycles. The summed E-state index contributed by atoms with van der Waals surface area (Å²) >= 11 is 0. The van der Waals surface area contributed by atoms with E-state index in [-0.39, 0.29) is 6.04 Å². The highest BCUT2D eigenvalue weighted by molar-refractivity contribution is 5.06. The van der Waals surface area contributed by atoms with Gasteiger partial charge in [-0.1, -0.05) is 6.92 Å². The fourth-order valence-corrected chi connectivity index (χ4v) is 2.57. The van der Waals surface area contributed by atoms with E-state index in [0.29, 0.717) is 6.54 Å². The fraction of sp³-hybridized carbons (Fsp3) is 0.692. The van der Waals surface area contributed by atoms with Gasteiger partial charge in [0, 0.05) is 38.9 Å². The molecule has 1 aromatic rings. The van der Waals surface area contributed by atoms with E-state index in [9.17, 15) is 0 Å². The van der Waals surface area contributed by atoms with Gasteiger partial charge in [0.15, 0.2) is 0 Å². The zero-order valence-corrected chi connectivity index (χ0v) is 11.1. The summed E-state index contributed by atoms with van der Waals surface area (Å²) in [5.41, 5.74) is 6.95. The number of piperazine rings is 1. The van der Waals surface area contributed by atoms with Crippen molar-refractivity contribution in [2.45, 2.75) is 19.4 Å². The third-order valence-electron chi connectivity index (χ3n) is 3.56. The maximum atomic E-state index is 5.91. The zero-order chi connectivity index (χ0) is 12.8. The summed E-state index contributed by atoms with van der Waals surface area (Å²) in [7, 11) is 0. The molecule has 1 aliphatic rings. The molecule has 1 saturated heterocycles. The Balaban J connectivity index is 1.95. The highest BCUT2D eigenvalue weighted by atomic mass is 15.3. The second-order valence-electron chi connectivity index (χ2n) is 4.76. The Hall–Kier alpha value is -1.04. The highest BCUT2D eigenvalue weighted by Crippen LogP contribution is 2.18. The molecular weight excluding hydrogens is 226 g/mol. The van der Waals surface area contributed by atoms with Gasteiger partial charge in [-0.2, -0.15) is 0 Å². The van der Waals surface area contributed by atoms with Gasteiger partial charge in [0.1, 0.15) is 6.33 Å². The average Bonchev–Trinajstić information content (AvgIpc) is 2.43. The van der Waals surface area contributed by atoms with Crippen LogP contribution in [0.1, 0.15) is 25.1 Å². The van der Waals surface area contributed by atoms with Gasteiger partial charge < -0.3 is 10.6 Å². The Morgan fingerprint density at radius 3 is 2.67 bits per heavy atom. The molecule has 2 heterocycles. The third kappa shape index (κ3) is 3.25. The van der Waals surface area contributed by atoms with Crippen molar-refractivity contribution in [3.05, 3.63) is 24.3 Å². The van der Waals surface area contributed by atoms with E-state index in [2.05, 4.69) is 26.7 Å². The van der Waals surface area contributed by atoms with Gasteiger partial charge >= 0.3 is 0 Å². The topological polar surface area (TPSA) is 58.3 Å². The first-order valence-electron chi connectivity index (χ1n) is 6.77. The molecule has 0 bridgehead atoms. The maximum Gasteiger partial charge on any atom is 0.115 e. The standard InChI is InChI=1S/C13H23N5/c1-2-5-17-6-8-18(9-7-17)13(10-14)12-3-4-15-11-16-12/h3-4,11,13H,2,5-10,14H2,1H3. The summed E-state index contributed by atoms with van der Waals surface area (Å²) in [6.07, 6.45) is 4.62. The summed E-state index contributed by atoms with van der Waals surface area (Å²) < 4.78 is 0. The summed E-state index contributed by atoms with van der Waals surface area (Å²) in [5, 5.41) is 0. The lowest BCUT2D eigenvalue weighted by Gasteiger charge is -2.38. The van der Waals surface area contributed by atoms with Crippen LogP contribution < -0.4 is 5.73 Å². The average molecular weight is 249 g/mol. The lowest BCUT2D eigenvalue weighted by atomic mass is 10.1. The van der Waals surface area contributed by atoms with Crippen molar-refractivity contribution >= 4 is 0 Å². The number of hydrogen-bond donors (Lipinski definition) is 1. The van der Waals surface area contributed by atoms with Crippen LogP contribution in [0.25, 0.3) is 0 Å². The lowest BCUT2D eigenvalue weighted by Crippen LogP contribution is -2.49. The molecule has 1 unspecified atom stereocenters.